The molecule has 0 bridgehead atoms. The molecule has 0 saturated carbocycles. The van der Waals surface area contributed by atoms with Crippen molar-refractivity contribution < 1.29 is 9.90 Å². The number of nitrogens with two attached hydrogens (primary N) is 1. The van der Waals surface area contributed by atoms with E-state index >= 15 is 0 Å². The predicted octanol–water partition coefficient (Wildman–Crippen LogP) is 6.07. The monoisotopic (exact) mass is 339 g/mol. The number of allylic oxidation sites excluding steroid dienone is 2. The van der Waals surface area contributed by atoms with E-state index in [1.54, 1.807) is 0 Å². The van der Waals surface area contributed by atoms with Crippen LogP contribution < -0.4 is 5.73 Å². The number of aliphatic carboxylic acids is 1. The first-order valence-electron chi connectivity index (χ1n) is 10.3. The molecule has 0 radical (unpaired) electrons. The Kier molecular flexibility index (Phi) is 17.9. The molecule has 0 aliphatic heterocycles. The fraction of sp³-hybridized carbons (Fsp3) is 0.857. The number of hydrogen-bond acceptors (Lipinski definition) is 2. The minimum atomic E-state index is -0.652. The molecule has 0 heterocycles. The maximum atomic E-state index is 11.1. The number of hydrogen-bond donors (Lipinski definition) is 2. The topological polar surface area (TPSA) is 63.3 Å². The second kappa shape index (κ2) is 18.5. The van der Waals surface area contributed by atoms with Crippen molar-refractivity contribution in [2.24, 2.45) is 11.7 Å². The van der Waals surface area contributed by atoms with E-state index in [0.29, 0.717) is 6.54 Å². The molecule has 0 aromatic rings. The van der Waals surface area contributed by atoms with E-state index in [9.17, 15) is 4.79 Å². The lowest BCUT2D eigenvalue weighted by atomic mass is 9.96. The standard InChI is InChI=1S/C21H41NO2/c1-2-3-4-5-6-7-8-9-10-11-12-13-14-15-17-20(21(23)24)18-16-19-22/h9-10,20H,2-8,11-19,22H2,1H3,(H,23,24). The van der Waals surface area contributed by atoms with Gasteiger partial charge in [-0.15, -0.1) is 0 Å². The molecule has 0 saturated heterocycles. The second-order valence-corrected chi connectivity index (χ2v) is 6.99. The smallest absolute Gasteiger partial charge is 0.306 e. The van der Waals surface area contributed by atoms with Crippen LogP contribution in [0.2, 0.25) is 0 Å². The molecule has 0 amide bonds. The molecule has 0 fully saturated rings. The lowest BCUT2D eigenvalue weighted by molar-refractivity contribution is -0.142. The van der Waals surface area contributed by atoms with Gasteiger partial charge in [-0.3, -0.25) is 4.79 Å². The summed E-state index contributed by atoms with van der Waals surface area (Å²) in [6.45, 7) is 2.85. The Morgan fingerprint density at radius 1 is 0.833 bits per heavy atom. The number of carboxylic acid groups (broad SMARTS) is 1. The van der Waals surface area contributed by atoms with Crippen LogP contribution in [0.4, 0.5) is 0 Å². The van der Waals surface area contributed by atoms with Gasteiger partial charge in [-0.2, -0.15) is 0 Å². The summed E-state index contributed by atoms with van der Waals surface area (Å²) in [5.41, 5.74) is 5.46. The van der Waals surface area contributed by atoms with Crippen molar-refractivity contribution >= 4 is 5.97 Å². The molecule has 0 aliphatic rings. The molecule has 0 spiro atoms. The van der Waals surface area contributed by atoms with Gasteiger partial charge in [0.1, 0.15) is 0 Å². The molecule has 0 aromatic heterocycles. The first-order chi connectivity index (χ1) is 11.7. The quantitative estimate of drug-likeness (QED) is 0.235. The summed E-state index contributed by atoms with van der Waals surface area (Å²) in [6.07, 6.45) is 22.3. The molecule has 3 nitrogen and oxygen atoms in total. The van der Waals surface area contributed by atoms with Crippen LogP contribution in [0.1, 0.15) is 103 Å². The van der Waals surface area contributed by atoms with Gasteiger partial charge in [-0.05, 0) is 51.5 Å². The highest BCUT2D eigenvalue weighted by Crippen LogP contribution is 2.17. The van der Waals surface area contributed by atoms with Crippen LogP contribution in [0.3, 0.4) is 0 Å². The van der Waals surface area contributed by atoms with Crippen molar-refractivity contribution in [2.45, 2.75) is 103 Å². The van der Waals surface area contributed by atoms with E-state index in [1.807, 2.05) is 0 Å². The maximum Gasteiger partial charge on any atom is 0.306 e. The lowest BCUT2D eigenvalue weighted by Gasteiger charge is -2.11. The Morgan fingerprint density at radius 3 is 1.88 bits per heavy atom. The summed E-state index contributed by atoms with van der Waals surface area (Å²) in [7, 11) is 0. The maximum absolute atomic E-state index is 11.1. The van der Waals surface area contributed by atoms with Gasteiger partial charge in [0.2, 0.25) is 0 Å². The second-order valence-electron chi connectivity index (χ2n) is 6.99. The van der Waals surface area contributed by atoms with Crippen LogP contribution >= 0.6 is 0 Å². The Balaban J connectivity index is 3.37. The van der Waals surface area contributed by atoms with E-state index in [4.69, 9.17) is 10.8 Å². The molecular formula is C21H41NO2. The summed E-state index contributed by atoms with van der Waals surface area (Å²) in [6, 6.07) is 0. The van der Waals surface area contributed by atoms with Crippen molar-refractivity contribution in [3.8, 4) is 0 Å². The Labute approximate surface area is 150 Å². The molecule has 24 heavy (non-hydrogen) atoms. The molecule has 0 aromatic carbocycles. The first kappa shape index (κ1) is 23.2. The first-order valence-corrected chi connectivity index (χ1v) is 10.3. The highest BCUT2D eigenvalue weighted by Gasteiger charge is 2.15. The van der Waals surface area contributed by atoms with Gasteiger partial charge < -0.3 is 10.8 Å². The highest BCUT2D eigenvalue weighted by atomic mass is 16.4. The van der Waals surface area contributed by atoms with Gasteiger partial charge in [-0.25, -0.2) is 0 Å². The fourth-order valence-corrected chi connectivity index (χ4v) is 3.04. The summed E-state index contributed by atoms with van der Waals surface area (Å²) < 4.78 is 0. The van der Waals surface area contributed by atoms with Crippen LogP contribution in [0.25, 0.3) is 0 Å². The molecule has 3 heteroatoms. The van der Waals surface area contributed by atoms with E-state index < -0.39 is 5.97 Å². The Morgan fingerprint density at radius 2 is 1.33 bits per heavy atom. The Bertz CT molecular complexity index is 302. The van der Waals surface area contributed by atoms with Gasteiger partial charge in [0.15, 0.2) is 0 Å². The predicted molar refractivity (Wildman–Crippen MR) is 104 cm³/mol. The summed E-state index contributed by atoms with van der Waals surface area (Å²) in [4.78, 5) is 11.1. The lowest BCUT2D eigenvalue weighted by Crippen LogP contribution is -2.15. The number of rotatable bonds is 18. The number of unbranched alkanes of at least 4 members (excludes halogenated alkanes) is 10. The van der Waals surface area contributed by atoms with Crippen molar-refractivity contribution in [1.82, 2.24) is 0 Å². The minimum absolute atomic E-state index is 0.189. The van der Waals surface area contributed by atoms with E-state index in [2.05, 4.69) is 19.1 Å². The molecule has 142 valence electrons. The normalized spacial score (nSPS) is 12.8. The van der Waals surface area contributed by atoms with Crippen molar-refractivity contribution in [3.63, 3.8) is 0 Å². The molecule has 3 N–H and O–H groups in total. The van der Waals surface area contributed by atoms with Gasteiger partial charge in [0.25, 0.3) is 0 Å². The van der Waals surface area contributed by atoms with Crippen LogP contribution in [0.15, 0.2) is 12.2 Å². The zero-order chi connectivity index (χ0) is 17.9. The summed E-state index contributed by atoms with van der Waals surface area (Å²) in [5.74, 6) is -0.841. The minimum Gasteiger partial charge on any atom is -0.481 e. The molecule has 1 unspecified atom stereocenters. The summed E-state index contributed by atoms with van der Waals surface area (Å²) in [5, 5.41) is 9.15. The molecular weight excluding hydrogens is 298 g/mol. The third-order valence-corrected chi connectivity index (χ3v) is 4.67. The zero-order valence-corrected chi connectivity index (χ0v) is 16.0. The third kappa shape index (κ3) is 16.0. The van der Waals surface area contributed by atoms with Crippen LogP contribution in [0.5, 0.6) is 0 Å². The van der Waals surface area contributed by atoms with Crippen LogP contribution in [0, 0.1) is 5.92 Å². The van der Waals surface area contributed by atoms with Crippen LogP contribution in [-0.4, -0.2) is 17.6 Å². The Hall–Kier alpha value is -0.830. The number of carboxylic acids is 1. The molecule has 1 atom stereocenters. The van der Waals surface area contributed by atoms with Crippen molar-refractivity contribution in [1.29, 1.82) is 0 Å². The van der Waals surface area contributed by atoms with E-state index in [1.165, 1.54) is 64.2 Å². The zero-order valence-electron chi connectivity index (χ0n) is 16.0. The average Bonchev–Trinajstić information content (AvgIpc) is 2.57. The SMILES string of the molecule is CCCCCCCCC=CCCCCCCC(CCCN)C(=O)O. The third-order valence-electron chi connectivity index (χ3n) is 4.67. The van der Waals surface area contributed by atoms with Crippen molar-refractivity contribution in [2.75, 3.05) is 6.54 Å². The highest BCUT2D eigenvalue weighted by molar-refractivity contribution is 5.69. The van der Waals surface area contributed by atoms with Gasteiger partial charge in [0, 0.05) is 0 Å². The van der Waals surface area contributed by atoms with Gasteiger partial charge >= 0.3 is 5.97 Å². The van der Waals surface area contributed by atoms with E-state index in [-0.39, 0.29) is 5.92 Å². The molecule has 0 aliphatic carbocycles. The fourth-order valence-electron chi connectivity index (χ4n) is 3.04. The average molecular weight is 340 g/mol. The van der Waals surface area contributed by atoms with Gasteiger partial charge in [0.05, 0.1) is 5.92 Å². The largest absolute Gasteiger partial charge is 0.481 e. The van der Waals surface area contributed by atoms with Crippen LogP contribution in [-0.2, 0) is 4.79 Å². The molecule has 0 rings (SSSR count). The number of carbonyl (C=O) groups is 1. The summed E-state index contributed by atoms with van der Waals surface area (Å²) >= 11 is 0. The van der Waals surface area contributed by atoms with Crippen molar-refractivity contribution in [3.05, 3.63) is 12.2 Å². The van der Waals surface area contributed by atoms with E-state index in [0.717, 1.165) is 32.1 Å². The van der Waals surface area contributed by atoms with Gasteiger partial charge in [-0.1, -0.05) is 70.4 Å².